The number of amides is 1. The molecule has 170 valence electrons. The minimum atomic E-state index is 0.295. The average molecular weight is 434 g/mol. The Labute approximate surface area is 191 Å². The van der Waals surface area contributed by atoms with Crippen molar-refractivity contribution in [1.29, 1.82) is 0 Å². The van der Waals surface area contributed by atoms with Gasteiger partial charge in [0.25, 0.3) is 0 Å². The maximum atomic E-state index is 13.1. The fourth-order valence-corrected chi connectivity index (χ4v) is 5.73. The monoisotopic (exact) mass is 433 g/mol. The van der Waals surface area contributed by atoms with Crippen LogP contribution in [0.25, 0.3) is 10.9 Å². The summed E-state index contributed by atoms with van der Waals surface area (Å²) in [6.45, 7) is 7.41. The normalized spacial score (nSPS) is 24.8. The van der Waals surface area contributed by atoms with Crippen LogP contribution >= 0.6 is 0 Å². The lowest BCUT2D eigenvalue weighted by atomic mass is 9.83. The second-order valence-corrected chi connectivity index (χ2v) is 10.2. The topological polar surface area (TPSA) is 52.0 Å². The van der Waals surface area contributed by atoms with E-state index >= 15 is 0 Å². The van der Waals surface area contributed by atoms with Gasteiger partial charge >= 0.3 is 0 Å². The van der Waals surface area contributed by atoms with Gasteiger partial charge in [0.05, 0.1) is 24.3 Å². The molecule has 6 heteroatoms. The van der Waals surface area contributed by atoms with Crippen LogP contribution in [0.3, 0.4) is 0 Å². The zero-order valence-corrected chi connectivity index (χ0v) is 19.6. The second-order valence-electron chi connectivity index (χ2n) is 10.2. The molecule has 2 aromatic rings. The molecule has 1 aromatic carbocycles. The highest BCUT2D eigenvalue weighted by Gasteiger charge is 2.31. The third kappa shape index (κ3) is 4.44. The molecule has 0 bridgehead atoms. The molecule has 0 spiro atoms. The first-order chi connectivity index (χ1) is 15.5. The number of pyridine rings is 1. The van der Waals surface area contributed by atoms with E-state index in [9.17, 15) is 4.79 Å². The highest BCUT2D eigenvalue weighted by atomic mass is 16.2. The van der Waals surface area contributed by atoms with Crippen LogP contribution in [0.1, 0.15) is 43.2 Å². The molecular weight excluding hydrogens is 398 g/mol. The first kappa shape index (κ1) is 21.5. The Morgan fingerprint density at radius 3 is 2.66 bits per heavy atom. The fourth-order valence-electron chi connectivity index (χ4n) is 5.73. The number of hydrogen-bond acceptors (Lipinski definition) is 5. The van der Waals surface area contributed by atoms with E-state index in [1.165, 1.54) is 22.2 Å². The Morgan fingerprint density at radius 1 is 1.16 bits per heavy atom. The van der Waals surface area contributed by atoms with Crippen LogP contribution < -0.4 is 0 Å². The van der Waals surface area contributed by atoms with Gasteiger partial charge in [-0.2, -0.15) is 0 Å². The predicted octanol–water partition coefficient (Wildman–Crippen LogP) is 3.02. The van der Waals surface area contributed by atoms with Gasteiger partial charge in [-0.3, -0.25) is 19.7 Å². The molecule has 0 N–H and O–H groups in total. The van der Waals surface area contributed by atoms with E-state index in [4.69, 9.17) is 4.98 Å². The largest absolute Gasteiger partial charge is 0.341 e. The maximum Gasteiger partial charge on any atom is 0.236 e. The van der Waals surface area contributed by atoms with E-state index in [0.717, 1.165) is 57.5 Å². The Balaban J connectivity index is 1.30. The zero-order chi connectivity index (χ0) is 22.2. The van der Waals surface area contributed by atoms with Crippen LogP contribution in [0, 0.1) is 5.92 Å². The molecule has 3 aliphatic rings. The van der Waals surface area contributed by atoms with Crippen LogP contribution in [-0.2, 0) is 4.79 Å². The summed E-state index contributed by atoms with van der Waals surface area (Å²) in [5.74, 6) is 1.29. The third-order valence-electron chi connectivity index (χ3n) is 7.51. The highest BCUT2D eigenvalue weighted by molar-refractivity contribution is 6.17. The van der Waals surface area contributed by atoms with Crippen LogP contribution in [-0.4, -0.2) is 90.7 Å². The molecular formula is C26H35N5O. The summed E-state index contributed by atoms with van der Waals surface area (Å²) in [6, 6.07) is 9.34. The van der Waals surface area contributed by atoms with Crippen molar-refractivity contribution in [2.24, 2.45) is 10.9 Å². The van der Waals surface area contributed by atoms with Gasteiger partial charge in [-0.15, -0.1) is 0 Å². The number of piperidine rings is 2. The number of aliphatic imine (C=N–C) groups is 1. The summed E-state index contributed by atoms with van der Waals surface area (Å²) < 4.78 is 0. The summed E-state index contributed by atoms with van der Waals surface area (Å²) in [7, 11) is 4.28. The molecule has 0 saturated carbocycles. The Morgan fingerprint density at radius 2 is 1.94 bits per heavy atom. The van der Waals surface area contributed by atoms with E-state index in [-0.39, 0.29) is 0 Å². The molecule has 0 radical (unpaired) electrons. The number of rotatable bonds is 5. The summed E-state index contributed by atoms with van der Waals surface area (Å²) in [5, 5.41) is 1.25. The number of carbonyl (C=O) groups excluding carboxylic acids is 1. The quantitative estimate of drug-likeness (QED) is 0.727. The number of benzene rings is 1. The van der Waals surface area contributed by atoms with Crippen molar-refractivity contribution in [1.82, 2.24) is 19.7 Å². The molecule has 5 rings (SSSR count). The van der Waals surface area contributed by atoms with Crippen molar-refractivity contribution in [2.75, 3.05) is 53.4 Å². The van der Waals surface area contributed by atoms with Gasteiger partial charge in [0.1, 0.15) is 0 Å². The number of likely N-dealkylation sites (tertiary alicyclic amines) is 2. The van der Waals surface area contributed by atoms with Crippen molar-refractivity contribution in [2.45, 2.75) is 38.1 Å². The van der Waals surface area contributed by atoms with E-state index in [1.54, 1.807) is 0 Å². The van der Waals surface area contributed by atoms with Gasteiger partial charge in [-0.05, 0) is 56.8 Å². The lowest BCUT2D eigenvalue weighted by molar-refractivity contribution is -0.134. The average Bonchev–Trinajstić information content (AvgIpc) is 3.63. The fraction of sp³-hybridized carbons (Fsp3) is 0.577. The summed E-state index contributed by atoms with van der Waals surface area (Å²) in [5.41, 5.74) is 4.80. The lowest BCUT2D eigenvalue weighted by Gasteiger charge is -2.39. The zero-order valence-electron chi connectivity index (χ0n) is 19.6. The van der Waals surface area contributed by atoms with Gasteiger partial charge < -0.3 is 9.80 Å². The van der Waals surface area contributed by atoms with Crippen molar-refractivity contribution < 1.29 is 4.79 Å². The van der Waals surface area contributed by atoms with Crippen LogP contribution in [0.5, 0.6) is 0 Å². The molecule has 1 aromatic heterocycles. The van der Waals surface area contributed by atoms with E-state index < -0.39 is 0 Å². The second kappa shape index (κ2) is 8.91. The molecule has 2 atom stereocenters. The van der Waals surface area contributed by atoms with Crippen molar-refractivity contribution in [3.8, 4) is 0 Å². The number of hydrogen-bond donors (Lipinski definition) is 0. The molecule has 6 nitrogen and oxygen atoms in total. The van der Waals surface area contributed by atoms with Gasteiger partial charge in [-0.25, -0.2) is 0 Å². The SMILES string of the molecule is C[C@@H]1C[C@H](c2ccc(C3=NC3)c3ncccc23)CN(CC(=O)N2CCC(N(C)C)CC2)C1. The van der Waals surface area contributed by atoms with Crippen LogP contribution in [0.2, 0.25) is 0 Å². The number of aromatic nitrogens is 1. The van der Waals surface area contributed by atoms with E-state index in [1.807, 2.05) is 12.3 Å². The van der Waals surface area contributed by atoms with Crippen molar-refractivity contribution in [3.05, 3.63) is 41.6 Å². The van der Waals surface area contributed by atoms with Crippen molar-refractivity contribution in [3.63, 3.8) is 0 Å². The van der Waals surface area contributed by atoms with Crippen LogP contribution in [0.4, 0.5) is 0 Å². The Hall–Kier alpha value is -2.31. The summed E-state index contributed by atoms with van der Waals surface area (Å²) in [4.78, 5) is 29.0. The summed E-state index contributed by atoms with van der Waals surface area (Å²) in [6.07, 6.45) is 5.19. The number of fused-ring (bicyclic) bond motifs is 1. The smallest absolute Gasteiger partial charge is 0.236 e. The Bertz CT molecular complexity index is 1020. The standard InChI is InChI=1S/C26H35N5O/c1-18-13-19(21-6-7-23(24-14-28-24)26-22(21)5-4-10-27-26)16-30(15-18)17-25(32)31-11-8-20(9-12-31)29(2)3/h4-7,10,18-20H,8-9,11-17H2,1-3H3/t18-,19+/m1/s1. The highest BCUT2D eigenvalue weighted by Crippen LogP contribution is 2.35. The third-order valence-corrected chi connectivity index (χ3v) is 7.51. The first-order valence-electron chi connectivity index (χ1n) is 12.1. The molecule has 3 aliphatic heterocycles. The summed E-state index contributed by atoms with van der Waals surface area (Å²) >= 11 is 0. The minimum absolute atomic E-state index is 0.295. The van der Waals surface area contributed by atoms with Gasteiger partial charge in [0.15, 0.2) is 0 Å². The first-order valence-corrected chi connectivity index (χ1v) is 12.1. The minimum Gasteiger partial charge on any atom is -0.341 e. The molecule has 32 heavy (non-hydrogen) atoms. The number of carbonyl (C=O) groups is 1. The van der Waals surface area contributed by atoms with Gasteiger partial charge in [0.2, 0.25) is 5.91 Å². The molecule has 2 saturated heterocycles. The van der Waals surface area contributed by atoms with Gasteiger partial charge in [0, 0.05) is 49.4 Å². The van der Waals surface area contributed by atoms with Gasteiger partial charge in [-0.1, -0.05) is 25.1 Å². The maximum absolute atomic E-state index is 13.1. The molecule has 4 heterocycles. The molecule has 0 aliphatic carbocycles. The van der Waals surface area contributed by atoms with E-state index in [0.29, 0.717) is 30.3 Å². The van der Waals surface area contributed by atoms with E-state index in [2.05, 4.69) is 58.9 Å². The predicted molar refractivity (Wildman–Crippen MR) is 129 cm³/mol. The molecule has 0 unspecified atom stereocenters. The van der Waals surface area contributed by atoms with Crippen LogP contribution in [0.15, 0.2) is 35.5 Å². The molecule has 2 fully saturated rings. The lowest BCUT2D eigenvalue weighted by Crippen LogP contribution is -2.49. The Kier molecular flexibility index (Phi) is 5.99. The number of nitrogens with zero attached hydrogens (tertiary/aromatic N) is 5. The van der Waals surface area contributed by atoms with Crippen molar-refractivity contribution >= 4 is 22.5 Å². The molecule has 1 amide bonds.